The van der Waals surface area contributed by atoms with E-state index in [1.165, 1.54) is 0 Å². The predicted molar refractivity (Wildman–Crippen MR) is 65.4 cm³/mol. The zero-order valence-electron chi connectivity index (χ0n) is 9.93. The van der Waals surface area contributed by atoms with E-state index in [0.29, 0.717) is 19.6 Å². The maximum absolute atomic E-state index is 11.1. The summed E-state index contributed by atoms with van der Waals surface area (Å²) < 4.78 is 5.07. The van der Waals surface area contributed by atoms with Gasteiger partial charge in [0.15, 0.2) is 0 Å². The van der Waals surface area contributed by atoms with Crippen LogP contribution in [0.4, 0.5) is 5.69 Å². The average molecular weight is 235 g/mol. The van der Waals surface area contributed by atoms with Gasteiger partial charge in [0.05, 0.1) is 12.5 Å². The number of nitrogens with zero attached hydrogens (tertiary/aromatic N) is 1. The zero-order chi connectivity index (χ0) is 12.3. The number of aliphatic carboxylic acids is 1. The molecule has 1 N–H and O–H groups in total. The summed E-state index contributed by atoms with van der Waals surface area (Å²) in [6, 6.07) is 7.99. The molecule has 0 radical (unpaired) electrons. The third-order valence-corrected chi connectivity index (χ3v) is 3.15. The summed E-state index contributed by atoms with van der Waals surface area (Å²) in [5.74, 6) is -1.04. The summed E-state index contributed by atoms with van der Waals surface area (Å²) in [4.78, 5) is 13.2. The number of carbonyl (C=O) groups is 1. The van der Waals surface area contributed by atoms with E-state index in [9.17, 15) is 4.79 Å². The maximum Gasteiger partial charge on any atom is 0.308 e. The monoisotopic (exact) mass is 235 g/mol. The lowest BCUT2D eigenvalue weighted by Gasteiger charge is -2.34. The van der Waals surface area contributed by atoms with Crippen molar-refractivity contribution in [2.75, 3.05) is 31.7 Å². The number of carboxylic acid groups (broad SMARTS) is 1. The van der Waals surface area contributed by atoms with Crippen molar-refractivity contribution < 1.29 is 14.6 Å². The molecule has 0 spiro atoms. The van der Waals surface area contributed by atoms with Gasteiger partial charge in [-0.25, -0.2) is 0 Å². The Labute approximate surface area is 101 Å². The van der Waals surface area contributed by atoms with Gasteiger partial charge >= 0.3 is 5.97 Å². The van der Waals surface area contributed by atoms with Crippen molar-refractivity contribution in [2.24, 2.45) is 5.92 Å². The highest BCUT2D eigenvalue weighted by Gasteiger charge is 2.28. The number of fused-ring (bicyclic) bond motifs is 1. The molecule has 0 aliphatic carbocycles. The predicted octanol–water partition coefficient (Wildman–Crippen LogP) is 1.40. The molecule has 92 valence electrons. The lowest BCUT2D eigenvalue weighted by atomic mass is 9.92. The highest BCUT2D eigenvalue weighted by Crippen LogP contribution is 2.29. The molecular formula is C13H17NO3. The Morgan fingerprint density at radius 3 is 3.00 bits per heavy atom. The Bertz CT molecular complexity index is 405. The molecular weight excluding hydrogens is 218 g/mol. The van der Waals surface area contributed by atoms with Crippen LogP contribution in [0.3, 0.4) is 0 Å². The molecule has 1 aliphatic rings. The summed E-state index contributed by atoms with van der Waals surface area (Å²) in [7, 11) is 1.66. The molecule has 0 saturated carbocycles. The molecule has 2 rings (SSSR count). The van der Waals surface area contributed by atoms with Crippen molar-refractivity contribution >= 4 is 11.7 Å². The molecule has 1 aliphatic heterocycles. The van der Waals surface area contributed by atoms with Crippen molar-refractivity contribution in [3.63, 3.8) is 0 Å². The summed E-state index contributed by atoms with van der Waals surface area (Å²) >= 11 is 0. The summed E-state index contributed by atoms with van der Waals surface area (Å²) in [6.07, 6.45) is 0.620. The van der Waals surface area contributed by atoms with Gasteiger partial charge in [-0.3, -0.25) is 4.79 Å². The number of rotatable bonds is 4. The molecule has 0 aromatic heterocycles. The Balaban J connectivity index is 2.22. The Hall–Kier alpha value is -1.55. The minimum atomic E-state index is -0.720. The van der Waals surface area contributed by atoms with Crippen LogP contribution in [0.5, 0.6) is 0 Å². The van der Waals surface area contributed by atoms with Crippen LogP contribution in [-0.4, -0.2) is 37.9 Å². The molecule has 0 amide bonds. The molecule has 0 saturated heterocycles. The van der Waals surface area contributed by atoms with Gasteiger partial charge in [-0.1, -0.05) is 18.2 Å². The number of ether oxygens (including phenoxy) is 1. The fraction of sp³-hybridized carbons (Fsp3) is 0.462. The highest BCUT2D eigenvalue weighted by molar-refractivity contribution is 5.73. The highest BCUT2D eigenvalue weighted by atomic mass is 16.5. The van der Waals surface area contributed by atoms with Crippen LogP contribution in [0, 0.1) is 5.92 Å². The molecule has 1 atom stereocenters. The van der Waals surface area contributed by atoms with Crippen LogP contribution < -0.4 is 4.90 Å². The van der Waals surface area contributed by atoms with E-state index in [1.807, 2.05) is 24.3 Å². The molecule has 1 aromatic carbocycles. The number of methoxy groups -OCH3 is 1. The fourth-order valence-electron chi connectivity index (χ4n) is 2.26. The van der Waals surface area contributed by atoms with E-state index in [0.717, 1.165) is 17.8 Å². The van der Waals surface area contributed by atoms with Gasteiger partial charge in [0.2, 0.25) is 0 Å². The number of carboxylic acids is 1. The Kier molecular flexibility index (Phi) is 3.64. The molecule has 0 fully saturated rings. The minimum Gasteiger partial charge on any atom is -0.481 e. The first-order chi connectivity index (χ1) is 8.22. The quantitative estimate of drug-likeness (QED) is 0.857. The standard InChI is InChI=1S/C13H17NO3/c1-17-7-6-14-9-11(13(15)16)8-10-4-2-3-5-12(10)14/h2-5,11H,6-9H2,1H3,(H,15,16). The minimum absolute atomic E-state index is 0.318. The van der Waals surface area contributed by atoms with E-state index in [4.69, 9.17) is 9.84 Å². The van der Waals surface area contributed by atoms with Crippen molar-refractivity contribution in [2.45, 2.75) is 6.42 Å². The largest absolute Gasteiger partial charge is 0.481 e. The number of benzene rings is 1. The molecule has 1 heterocycles. The molecule has 1 unspecified atom stereocenters. The van der Waals surface area contributed by atoms with Crippen LogP contribution >= 0.6 is 0 Å². The first-order valence-electron chi connectivity index (χ1n) is 5.77. The van der Waals surface area contributed by atoms with Crippen molar-refractivity contribution in [3.8, 4) is 0 Å². The van der Waals surface area contributed by atoms with Crippen molar-refractivity contribution in [1.29, 1.82) is 0 Å². The average Bonchev–Trinajstić information content (AvgIpc) is 2.35. The van der Waals surface area contributed by atoms with Crippen LogP contribution in [-0.2, 0) is 16.0 Å². The summed E-state index contributed by atoms with van der Waals surface area (Å²) in [5, 5.41) is 9.15. The van der Waals surface area contributed by atoms with Gasteiger partial charge in [0, 0.05) is 25.9 Å². The summed E-state index contributed by atoms with van der Waals surface area (Å²) in [5.41, 5.74) is 2.25. The fourth-order valence-corrected chi connectivity index (χ4v) is 2.26. The van der Waals surface area contributed by atoms with Crippen LogP contribution in [0.25, 0.3) is 0 Å². The second-order valence-electron chi connectivity index (χ2n) is 4.31. The maximum atomic E-state index is 11.1. The lowest BCUT2D eigenvalue weighted by molar-refractivity contribution is -0.141. The molecule has 1 aromatic rings. The van der Waals surface area contributed by atoms with Crippen LogP contribution in [0.1, 0.15) is 5.56 Å². The summed E-state index contributed by atoms with van der Waals surface area (Å²) in [6.45, 7) is 1.91. The van der Waals surface area contributed by atoms with E-state index in [-0.39, 0.29) is 5.92 Å². The number of para-hydroxylation sites is 1. The third-order valence-electron chi connectivity index (χ3n) is 3.15. The molecule has 4 nitrogen and oxygen atoms in total. The SMILES string of the molecule is COCCN1CC(C(=O)O)Cc2ccccc21. The zero-order valence-corrected chi connectivity index (χ0v) is 9.93. The Morgan fingerprint density at radius 1 is 1.53 bits per heavy atom. The first-order valence-corrected chi connectivity index (χ1v) is 5.77. The lowest BCUT2D eigenvalue weighted by Crippen LogP contribution is -2.40. The van der Waals surface area contributed by atoms with Gasteiger partial charge in [-0.2, -0.15) is 0 Å². The van der Waals surface area contributed by atoms with Crippen LogP contribution in [0.15, 0.2) is 24.3 Å². The van der Waals surface area contributed by atoms with E-state index in [2.05, 4.69) is 4.90 Å². The second-order valence-corrected chi connectivity index (χ2v) is 4.31. The molecule has 17 heavy (non-hydrogen) atoms. The van der Waals surface area contributed by atoms with Crippen molar-refractivity contribution in [1.82, 2.24) is 0 Å². The van der Waals surface area contributed by atoms with E-state index in [1.54, 1.807) is 7.11 Å². The normalized spacial score (nSPS) is 18.9. The number of hydrogen-bond donors (Lipinski definition) is 1. The van der Waals surface area contributed by atoms with E-state index < -0.39 is 5.97 Å². The topological polar surface area (TPSA) is 49.8 Å². The second kappa shape index (κ2) is 5.19. The Morgan fingerprint density at radius 2 is 2.29 bits per heavy atom. The van der Waals surface area contributed by atoms with Gasteiger partial charge in [-0.05, 0) is 18.1 Å². The number of hydrogen-bond acceptors (Lipinski definition) is 3. The number of anilines is 1. The van der Waals surface area contributed by atoms with E-state index >= 15 is 0 Å². The van der Waals surface area contributed by atoms with Crippen LogP contribution in [0.2, 0.25) is 0 Å². The van der Waals surface area contributed by atoms with Crippen molar-refractivity contribution in [3.05, 3.63) is 29.8 Å². The van der Waals surface area contributed by atoms with Gasteiger partial charge in [0.25, 0.3) is 0 Å². The van der Waals surface area contributed by atoms with Gasteiger partial charge < -0.3 is 14.7 Å². The molecule has 4 heteroatoms. The first kappa shape index (κ1) is 11.9. The van der Waals surface area contributed by atoms with Gasteiger partial charge in [0.1, 0.15) is 0 Å². The third kappa shape index (κ3) is 2.58. The smallest absolute Gasteiger partial charge is 0.308 e. The van der Waals surface area contributed by atoms with Gasteiger partial charge in [-0.15, -0.1) is 0 Å². The molecule has 0 bridgehead atoms.